The fourth-order valence-electron chi connectivity index (χ4n) is 10.1. The van der Waals surface area contributed by atoms with E-state index in [1.54, 1.807) is 0 Å². The van der Waals surface area contributed by atoms with Crippen LogP contribution < -0.4 is 4.43 Å². The van der Waals surface area contributed by atoms with Crippen LogP contribution in [0.1, 0.15) is 146 Å². The quantitative estimate of drug-likeness (QED) is 0.0195. The van der Waals surface area contributed by atoms with Crippen LogP contribution in [0, 0.1) is 52.6 Å². The molecule has 3 aromatic carbocycles. The van der Waals surface area contributed by atoms with Crippen molar-refractivity contribution in [2.45, 2.75) is 211 Å². The molecule has 0 heterocycles. The standard InChI is InChI=1S/C47H73F8OSi3/c1-12-57(11,13-2)26-22-18-14-15-19-23-27-58(31(3)4,28-24-20-16-17-21-25-29-59(32(5)6,33(7)8)34(9)10)56-47-45(54)39-38(44(53)46(47)55)40(49)35-30-36(48)41(50)43(52)37(35)42(39)51/h31-34H,12-29H2,1-11H3. The Kier molecular flexibility index (Phi) is 19.5. The SMILES string of the molecule is CC[Si](C)(CC)CCCCCCCC[Si](CCCCCCCC[Si](C(C)C)(C(C)C)C(C)C)(Oc1c(F)c(F)c2c(F)c3[c]c(F)c(F)c(F)c3c(F)c2c1F)C(C)C. The normalized spacial score (nSPS) is 13.9. The Morgan fingerprint density at radius 2 is 0.847 bits per heavy atom. The molecule has 12 heteroatoms. The zero-order valence-electron chi connectivity index (χ0n) is 38.0. The van der Waals surface area contributed by atoms with Gasteiger partial charge in [-0.3, -0.25) is 0 Å². The van der Waals surface area contributed by atoms with Crippen molar-refractivity contribution in [3.05, 3.63) is 52.6 Å². The molecule has 0 saturated heterocycles. The lowest BCUT2D eigenvalue weighted by Gasteiger charge is -2.43. The van der Waals surface area contributed by atoms with E-state index in [4.69, 9.17) is 4.43 Å². The summed E-state index contributed by atoms with van der Waals surface area (Å²) in [5.74, 6) is -16.7. The molecule has 0 fully saturated rings. The molecule has 1 atom stereocenters. The first-order valence-corrected chi connectivity index (χ1v) is 30.7. The first-order valence-electron chi connectivity index (χ1n) is 22.7. The van der Waals surface area contributed by atoms with Gasteiger partial charge in [0.15, 0.2) is 34.8 Å². The lowest BCUT2D eigenvalue weighted by atomic mass is 9.99. The second-order valence-electron chi connectivity index (χ2n) is 19.1. The lowest BCUT2D eigenvalue weighted by molar-refractivity contribution is 0.405. The first kappa shape index (κ1) is 51.4. The van der Waals surface area contributed by atoms with Crippen LogP contribution in [-0.2, 0) is 0 Å². The Hall–Kier alpha value is -1.93. The van der Waals surface area contributed by atoms with Crippen LogP contribution in [0.15, 0.2) is 0 Å². The monoisotopic (exact) mass is 889 g/mol. The van der Waals surface area contributed by atoms with Crippen molar-refractivity contribution in [2.24, 2.45) is 0 Å². The predicted molar refractivity (Wildman–Crippen MR) is 240 cm³/mol. The maximum Gasteiger partial charge on any atom is 0.254 e. The van der Waals surface area contributed by atoms with Crippen LogP contribution in [-0.4, -0.2) is 24.5 Å². The van der Waals surface area contributed by atoms with E-state index >= 15 is 22.0 Å². The third kappa shape index (κ3) is 11.6. The summed E-state index contributed by atoms with van der Waals surface area (Å²) in [6.45, 7) is 25.2. The third-order valence-corrected chi connectivity index (χ3v) is 32.4. The molecular weight excluding hydrogens is 817 g/mol. The summed E-state index contributed by atoms with van der Waals surface area (Å²) in [6, 6.07) is 7.78. The van der Waals surface area contributed by atoms with E-state index in [9.17, 15) is 13.2 Å². The Morgan fingerprint density at radius 3 is 1.29 bits per heavy atom. The van der Waals surface area contributed by atoms with Gasteiger partial charge in [0.25, 0.3) is 8.32 Å². The molecule has 0 amide bonds. The van der Waals surface area contributed by atoms with E-state index < -0.39 is 98.3 Å². The van der Waals surface area contributed by atoms with Gasteiger partial charge in [0, 0.05) is 19.5 Å². The number of halogens is 8. The summed E-state index contributed by atoms with van der Waals surface area (Å²) in [7, 11) is -5.80. The molecule has 0 N–H and O–H groups in total. The smallest absolute Gasteiger partial charge is 0.254 e. The van der Waals surface area contributed by atoms with E-state index in [1.807, 2.05) is 13.8 Å². The van der Waals surface area contributed by atoms with Gasteiger partial charge in [-0.05, 0) is 17.6 Å². The number of hydrogen-bond donors (Lipinski definition) is 0. The number of benzene rings is 3. The van der Waals surface area contributed by atoms with Crippen molar-refractivity contribution >= 4 is 46.0 Å². The average molecular weight is 890 g/mol. The van der Waals surface area contributed by atoms with Gasteiger partial charge < -0.3 is 4.43 Å². The van der Waals surface area contributed by atoms with Crippen molar-refractivity contribution in [3.8, 4) is 5.75 Å². The first-order chi connectivity index (χ1) is 27.7. The Labute approximate surface area is 354 Å². The second kappa shape index (κ2) is 22.4. The Balaban J connectivity index is 1.88. The van der Waals surface area contributed by atoms with Crippen LogP contribution in [0.3, 0.4) is 0 Å². The summed E-state index contributed by atoms with van der Waals surface area (Å²) >= 11 is 0. The lowest BCUT2D eigenvalue weighted by Crippen LogP contribution is -2.45. The maximum atomic E-state index is 16.5. The third-order valence-electron chi connectivity index (χ3n) is 14.6. The minimum absolute atomic E-state index is 0.186. The molecular formula is C47H73F8OSi3. The summed E-state index contributed by atoms with van der Waals surface area (Å²) < 4.78 is 129. The molecule has 1 radical (unpaired) electrons. The van der Waals surface area contributed by atoms with Crippen LogP contribution in [0.25, 0.3) is 21.5 Å². The molecule has 335 valence electrons. The topological polar surface area (TPSA) is 9.23 Å². The Morgan fingerprint density at radius 1 is 0.441 bits per heavy atom. The molecule has 1 unspecified atom stereocenters. The largest absolute Gasteiger partial charge is 0.539 e. The molecule has 0 saturated carbocycles. The van der Waals surface area contributed by atoms with Crippen molar-refractivity contribution in [2.75, 3.05) is 0 Å². The van der Waals surface area contributed by atoms with Gasteiger partial charge in [0.05, 0.1) is 24.2 Å². The van der Waals surface area contributed by atoms with E-state index in [0.717, 1.165) is 64.2 Å². The molecule has 3 aromatic rings. The predicted octanol–water partition coefficient (Wildman–Crippen LogP) is 18.1. The van der Waals surface area contributed by atoms with Crippen molar-refractivity contribution in [1.29, 1.82) is 0 Å². The molecule has 1 nitrogen and oxygen atoms in total. The molecule has 59 heavy (non-hydrogen) atoms. The van der Waals surface area contributed by atoms with Crippen molar-refractivity contribution in [3.63, 3.8) is 0 Å². The molecule has 3 rings (SSSR count). The number of fused-ring (bicyclic) bond motifs is 2. The molecule has 0 bridgehead atoms. The van der Waals surface area contributed by atoms with Crippen molar-refractivity contribution < 1.29 is 39.5 Å². The highest BCUT2D eigenvalue weighted by Gasteiger charge is 2.43. The van der Waals surface area contributed by atoms with Gasteiger partial charge in [-0.25, -0.2) is 30.7 Å². The van der Waals surface area contributed by atoms with Gasteiger partial charge >= 0.3 is 0 Å². The van der Waals surface area contributed by atoms with Gasteiger partial charge in [-0.15, -0.1) is 0 Å². The molecule has 0 spiro atoms. The highest BCUT2D eigenvalue weighted by Crippen LogP contribution is 2.46. The van der Waals surface area contributed by atoms with Crippen molar-refractivity contribution in [1.82, 2.24) is 0 Å². The number of unbranched alkanes of at least 4 members (excludes halogenated alkanes) is 10. The van der Waals surface area contributed by atoms with Gasteiger partial charge in [0.2, 0.25) is 5.82 Å². The van der Waals surface area contributed by atoms with Gasteiger partial charge in [-0.1, -0.05) is 194 Å². The fourth-order valence-corrected chi connectivity index (χ4v) is 23.2. The van der Waals surface area contributed by atoms with Crippen LogP contribution in [0.4, 0.5) is 35.1 Å². The van der Waals surface area contributed by atoms with E-state index in [1.165, 1.54) is 43.1 Å². The molecule has 0 aliphatic carbocycles. The average Bonchev–Trinajstić information content (AvgIpc) is 3.18. The summed E-state index contributed by atoms with van der Waals surface area (Å²) in [5, 5.41) is -5.64. The van der Waals surface area contributed by atoms with Gasteiger partial charge in [0.1, 0.15) is 11.6 Å². The zero-order valence-corrected chi connectivity index (χ0v) is 41.0. The minimum Gasteiger partial charge on any atom is -0.539 e. The van der Waals surface area contributed by atoms with Gasteiger partial charge in [-0.2, -0.15) is 4.39 Å². The summed E-state index contributed by atoms with van der Waals surface area (Å²) in [6.07, 6.45) is 12.1. The van der Waals surface area contributed by atoms with E-state index in [0.29, 0.717) is 28.7 Å². The summed E-state index contributed by atoms with van der Waals surface area (Å²) in [5.41, 5.74) is 1.96. The number of hydrogen-bond acceptors (Lipinski definition) is 1. The molecule has 0 aliphatic heterocycles. The van der Waals surface area contributed by atoms with E-state index in [-0.39, 0.29) is 5.54 Å². The molecule has 0 aliphatic rings. The highest BCUT2D eigenvalue weighted by molar-refractivity contribution is 6.83. The van der Waals surface area contributed by atoms with Crippen LogP contribution in [0.2, 0.25) is 65.0 Å². The fraction of sp³-hybridized carbons (Fsp3) is 0.702. The number of rotatable bonds is 26. The zero-order chi connectivity index (χ0) is 44.5. The van der Waals surface area contributed by atoms with Crippen LogP contribution in [0.5, 0.6) is 5.75 Å². The summed E-state index contributed by atoms with van der Waals surface area (Å²) in [4.78, 5) is 0. The van der Waals surface area contributed by atoms with Crippen LogP contribution >= 0.6 is 0 Å². The van der Waals surface area contributed by atoms with E-state index in [2.05, 4.69) is 61.9 Å². The minimum atomic E-state index is -3.19. The Bertz CT molecular complexity index is 1810. The maximum absolute atomic E-state index is 16.5. The second-order valence-corrected chi connectivity index (χ2v) is 35.3. The molecule has 0 aromatic heterocycles. The highest BCUT2D eigenvalue weighted by atomic mass is 28.4.